The molecular weight excluding hydrogens is 1340 g/mol. The molecule has 1 aromatic heterocycles. The molecule has 2 aromatic carbocycles. The number of carbonyl (C=O) groups is 3. The number of carbonyl (C=O) groups excluding carboxylic acids is 3. The molecule has 6 atom stereocenters. The third-order valence-electron chi connectivity index (χ3n) is 13.3. The van der Waals surface area contributed by atoms with Crippen LogP contribution in [0.5, 0.6) is 0 Å². The number of aromatic nitrogens is 2. The number of benzene rings is 3. The van der Waals surface area contributed by atoms with Gasteiger partial charge < -0.3 is 85.2 Å². The van der Waals surface area contributed by atoms with Crippen molar-refractivity contribution in [1.29, 1.82) is 5.41 Å². The van der Waals surface area contributed by atoms with Crippen molar-refractivity contribution in [2.75, 3.05) is 95.0 Å². The summed E-state index contributed by atoms with van der Waals surface area (Å²) in [5.41, 5.74) is 16.5. The minimum absolute atomic E-state index is 0.0525. The fourth-order valence-corrected chi connectivity index (χ4v) is 14.7. The second-order valence-corrected chi connectivity index (χ2v) is 31.5. The van der Waals surface area contributed by atoms with Crippen molar-refractivity contribution in [3.05, 3.63) is 93.3 Å². The minimum atomic E-state index is -5.79. The van der Waals surface area contributed by atoms with Crippen molar-refractivity contribution in [2.24, 2.45) is 0 Å². The second-order valence-electron chi connectivity index (χ2n) is 21.0. The molecule has 3 aliphatic rings. The largest absolute Gasteiger partial charge is 0.490 e. The van der Waals surface area contributed by atoms with Crippen LogP contribution in [-0.2, 0) is 80.7 Å². The summed E-state index contributed by atoms with van der Waals surface area (Å²) in [5.74, 6) is 6.39. The van der Waals surface area contributed by atoms with E-state index < -0.39 is 69.7 Å². The number of esters is 1. The molecule has 3 heterocycles. The van der Waals surface area contributed by atoms with Crippen LogP contribution in [0.15, 0.2) is 70.0 Å². The van der Waals surface area contributed by atoms with Crippen molar-refractivity contribution >= 4 is 106 Å². The fraction of sp³-hybridized carbons (Fsp3) is 0.500. The zero-order chi connectivity index (χ0) is 67.1. The van der Waals surface area contributed by atoms with Gasteiger partial charge in [-0.1, -0.05) is 55.9 Å². The van der Waals surface area contributed by atoms with Gasteiger partial charge in [-0.25, -0.2) is 23.3 Å². The summed E-state index contributed by atoms with van der Waals surface area (Å²) >= 11 is 5.33. The van der Waals surface area contributed by atoms with Crippen LogP contribution < -0.4 is 38.5 Å². The maximum Gasteiger partial charge on any atom is 0.490 e. The van der Waals surface area contributed by atoms with Gasteiger partial charge in [0, 0.05) is 90.0 Å². The van der Waals surface area contributed by atoms with Crippen LogP contribution in [0.3, 0.4) is 0 Å². The molecule has 0 bridgehead atoms. The lowest BCUT2D eigenvalue weighted by Gasteiger charge is -2.22. The van der Waals surface area contributed by atoms with Gasteiger partial charge in [0.05, 0.1) is 62.5 Å². The highest BCUT2D eigenvalue weighted by molar-refractivity contribution is 8.77. The predicted molar refractivity (Wildman–Crippen MR) is 351 cm³/mol. The molecule has 0 spiro atoms. The number of phosphoric acid groups is 3. The standard InChI is InChI=1S/C56H77N8O21P3S4/c1-5-92(89)36-80-47-32-49(83-48(47)34-81-87(72,73)85-88(74,75)84-86(69,70)71)64-33-39(52(59)63-55(64)68)11-9-21-62-54(67)61-20-7-6-8-23-78-35-90-91-56(3,4)19-25-79-50(65)12-10-24-76-27-28-77-26-22-60-53(66)38-14-13-37(2)44(29-38)51-42-17-15-40(57)30-45(42)82-46-31-41(58)16-18-43(46)51/h13-18,29-31,33,47-49,57H,5-8,10,12,19-28,32,34-36,58H2,1-4H3,(H,60,66)(H,72,73)(H,74,75)(H2,59,63,68)(H2,61,62,67)(H2,69,70,71)/t47-,48-,49-,92?/m1/s1. The second kappa shape index (κ2) is 36.7. The number of hydrogen-bond acceptors (Lipinski definition) is 24. The molecule has 12 N–H and O–H groups in total. The maximum absolute atomic E-state index is 13.2. The van der Waals surface area contributed by atoms with E-state index in [0.29, 0.717) is 98.4 Å². The number of urea groups is 1. The van der Waals surface area contributed by atoms with E-state index >= 15 is 0 Å². The molecule has 29 nitrogen and oxygen atoms in total. The fourth-order valence-electron chi connectivity index (χ4n) is 8.74. The van der Waals surface area contributed by atoms with Gasteiger partial charge in [0.15, 0.2) is 0 Å². The number of anilines is 2. The molecular formula is C56H77N8O21P3S4. The lowest BCUT2D eigenvalue weighted by molar-refractivity contribution is -0.144. The Labute approximate surface area is 546 Å². The van der Waals surface area contributed by atoms with Crippen molar-refractivity contribution in [3.8, 4) is 34.3 Å². The van der Waals surface area contributed by atoms with Gasteiger partial charge in [-0.2, -0.15) is 13.6 Å². The minimum Gasteiger partial charge on any atom is -0.466 e. The number of aryl methyl sites for hydroxylation is 1. The number of amides is 3. The summed E-state index contributed by atoms with van der Waals surface area (Å²) in [6.45, 7) is 9.84. The van der Waals surface area contributed by atoms with E-state index in [4.69, 9.17) is 75.2 Å². The van der Waals surface area contributed by atoms with Gasteiger partial charge in [0.1, 0.15) is 35.4 Å². The van der Waals surface area contributed by atoms with E-state index in [0.717, 1.165) is 45.0 Å². The van der Waals surface area contributed by atoms with Gasteiger partial charge in [0.25, 0.3) is 5.91 Å². The van der Waals surface area contributed by atoms with E-state index in [2.05, 4.69) is 55.2 Å². The average Bonchev–Trinajstić information content (AvgIpc) is 0.846. The summed E-state index contributed by atoms with van der Waals surface area (Å²) in [6, 6.07) is 15.8. The summed E-state index contributed by atoms with van der Waals surface area (Å²) in [4.78, 5) is 91.9. The molecule has 0 saturated carbocycles. The number of hydrogen-bond donors (Lipinski definition) is 10. The maximum atomic E-state index is 13.2. The number of phosphoric ester groups is 1. The Bertz CT molecular complexity index is 3660. The van der Waals surface area contributed by atoms with E-state index in [1.165, 1.54) is 6.20 Å². The normalized spacial score (nSPS) is 16.7. The Morgan fingerprint density at radius 1 is 0.891 bits per heavy atom. The average molecular weight is 1420 g/mol. The Kier molecular flexibility index (Phi) is 30.2. The van der Waals surface area contributed by atoms with Crippen molar-refractivity contribution in [3.63, 3.8) is 0 Å². The Hall–Kier alpha value is -5.14. The van der Waals surface area contributed by atoms with E-state index in [1.807, 2.05) is 44.2 Å². The van der Waals surface area contributed by atoms with Crippen LogP contribution >= 0.6 is 45.1 Å². The number of fused-ring (bicyclic) bond motifs is 2. The molecule has 3 amide bonds. The van der Waals surface area contributed by atoms with Crippen molar-refractivity contribution in [2.45, 2.75) is 95.8 Å². The van der Waals surface area contributed by atoms with Crippen LogP contribution in [0.1, 0.15) is 93.4 Å². The van der Waals surface area contributed by atoms with Gasteiger partial charge in [-0.3, -0.25) is 18.7 Å². The topological polar surface area (TPSA) is 426 Å². The van der Waals surface area contributed by atoms with Crippen LogP contribution in [0, 0.1) is 24.2 Å². The van der Waals surface area contributed by atoms with Gasteiger partial charge in [-0.05, 0) is 117 Å². The number of nitrogens with zero attached hydrogens (tertiary/aromatic N) is 2. The van der Waals surface area contributed by atoms with Gasteiger partial charge >= 0.3 is 41.2 Å². The number of ether oxygens (including phenoxy) is 6. The molecule has 6 rings (SSSR count). The Morgan fingerprint density at radius 2 is 1.65 bits per heavy atom. The van der Waals surface area contributed by atoms with Crippen molar-refractivity contribution < 1.29 is 93.6 Å². The molecule has 506 valence electrons. The number of rotatable bonds is 38. The Balaban J connectivity index is 0.762. The van der Waals surface area contributed by atoms with Crippen LogP contribution in [-0.4, -0.2) is 148 Å². The first-order valence-electron chi connectivity index (χ1n) is 28.8. The molecule has 1 aliphatic carbocycles. The zero-order valence-corrected chi connectivity index (χ0v) is 56.8. The number of nitrogens with one attached hydrogen (secondary N) is 4. The molecule has 36 heteroatoms. The molecule has 3 aromatic rings. The third kappa shape index (κ3) is 25.9. The van der Waals surface area contributed by atoms with Gasteiger partial charge in [0.2, 0.25) is 0 Å². The van der Waals surface area contributed by atoms with E-state index in [1.54, 1.807) is 45.9 Å². The summed E-state index contributed by atoms with van der Waals surface area (Å²) in [7, 11) is -14.3. The molecule has 1 fully saturated rings. The zero-order valence-electron chi connectivity index (χ0n) is 50.9. The first kappa shape index (κ1) is 75.9. The summed E-state index contributed by atoms with van der Waals surface area (Å²) in [5, 5.41) is 17.6. The summed E-state index contributed by atoms with van der Waals surface area (Å²) in [6.07, 6.45) is 1.59. The third-order valence-corrected chi connectivity index (χ3v) is 22.2. The number of nitrogens with two attached hydrogens (primary N) is 2. The molecule has 92 heavy (non-hydrogen) atoms. The molecule has 2 aliphatic heterocycles. The highest BCUT2D eigenvalue weighted by Gasteiger charge is 2.44. The highest BCUT2D eigenvalue weighted by atomic mass is 33.1. The lowest BCUT2D eigenvalue weighted by Crippen LogP contribution is -2.36. The van der Waals surface area contributed by atoms with Crippen LogP contribution in [0.4, 0.5) is 16.3 Å². The number of nitrogen functional groups attached to an aromatic ring is 2. The van der Waals surface area contributed by atoms with Crippen LogP contribution in [0.25, 0.3) is 33.4 Å². The molecule has 1 saturated heterocycles. The highest BCUT2D eigenvalue weighted by Crippen LogP contribution is 2.66. The lowest BCUT2D eigenvalue weighted by atomic mass is 9.90. The number of unbranched alkanes of at least 4 members (excludes halogenated alkanes) is 2. The quantitative estimate of drug-likeness (QED) is 0.00280. The van der Waals surface area contributed by atoms with E-state index in [-0.39, 0.29) is 66.5 Å². The van der Waals surface area contributed by atoms with Crippen LogP contribution in [0.2, 0.25) is 0 Å². The summed E-state index contributed by atoms with van der Waals surface area (Å²) < 4.78 is 88.8. The Morgan fingerprint density at radius 3 is 2.41 bits per heavy atom. The van der Waals surface area contributed by atoms with Crippen molar-refractivity contribution in [1.82, 2.24) is 25.5 Å². The molecule has 0 radical (unpaired) electrons. The smallest absolute Gasteiger partial charge is 0.466 e. The monoisotopic (exact) mass is 1420 g/mol. The van der Waals surface area contributed by atoms with E-state index in [9.17, 15) is 42.7 Å². The first-order chi connectivity index (χ1) is 43.6. The SMILES string of the molecule is CCS(=S)CO[C@@H]1C[C@H](n2cc(C#CCNC(=O)NCCCCCOCSSC(C)(C)CCOC(=O)CCCOCCOCCNC(=O)c3ccc(C)c(-c4c5ccc(=N)cc-5oc5cc(N)ccc45)c3)c(N)nc2=O)O[C@@H]1COP(=O)(O)OP(=O)(O)OP(=O)(O)O. The van der Waals surface area contributed by atoms with Gasteiger partial charge in [-0.15, -0.1) is 0 Å². The predicted octanol–water partition coefficient (Wildman–Crippen LogP) is 6.92. The first-order valence-corrected chi connectivity index (χ1v) is 38.1. The molecule has 3 unspecified atom stereocenters.